The predicted octanol–water partition coefficient (Wildman–Crippen LogP) is 4.69. The van der Waals surface area contributed by atoms with Crippen LogP contribution in [0.1, 0.15) is 124 Å². The van der Waals surface area contributed by atoms with Crippen LogP contribution in [-0.2, 0) is 49.3 Å². The number of carbonyl (C=O) groups excluding carboxylic acids is 4. The van der Waals surface area contributed by atoms with Crippen LogP contribution in [0.3, 0.4) is 0 Å². The van der Waals surface area contributed by atoms with Crippen LogP contribution in [0.4, 0.5) is 0 Å². The van der Waals surface area contributed by atoms with Crippen molar-refractivity contribution in [2.45, 2.75) is 122 Å². The average molecular weight is 800 g/mol. The first-order valence-corrected chi connectivity index (χ1v) is 20.6. The van der Waals surface area contributed by atoms with Gasteiger partial charge in [0, 0.05) is 43.8 Å². The van der Waals surface area contributed by atoms with Crippen molar-refractivity contribution in [1.82, 2.24) is 16.0 Å². The van der Waals surface area contributed by atoms with Crippen molar-refractivity contribution in [3.05, 3.63) is 21.9 Å². The van der Waals surface area contributed by atoms with Crippen molar-refractivity contribution < 1.29 is 57.9 Å². The number of carboxylic acid groups (broad SMARTS) is 2. The molecule has 1 aromatic heterocycles. The summed E-state index contributed by atoms with van der Waals surface area (Å²) in [6, 6.07) is 2.48. The van der Waals surface area contributed by atoms with Gasteiger partial charge in [0.2, 0.25) is 17.7 Å². The van der Waals surface area contributed by atoms with Gasteiger partial charge in [-0.05, 0) is 50.7 Å². The Morgan fingerprint density at radius 2 is 1.18 bits per heavy atom. The number of ketones is 1. The van der Waals surface area contributed by atoms with Gasteiger partial charge in [-0.2, -0.15) is 0 Å². The highest BCUT2D eigenvalue weighted by atomic mass is 32.1. The average Bonchev–Trinajstić information content (AvgIpc) is 3.64. The molecule has 1 heterocycles. The van der Waals surface area contributed by atoms with E-state index < -0.39 is 18.0 Å². The summed E-state index contributed by atoms with van der Waals surface area (Å²) in [6.45, 7) is 4.44. The molecule has 1 atom stereocenters. The van der Waals surface area contributed by atoms with E-state index in [0.717, 1.165) is 56.2 Å². The maximum atomic E-state index is 12.3. The SMILES string of the molecule is CCCNC(=O)COCCOCCNC(=O)COCCOCCCC(=O)CC[C@H](NC(=O)CCCCCCCCCCCCc1ccc(C(=O)O)s1)C(=O)O. The zero-order chi connectivity index (χ0) is 40.4. The smallest absolute Gasteiger partial charge is 0.345 e. The number of nitrogens with one attached hydrogen (secondary N) is 3. The van der Waals surface area contributed by atoms with Crippen LogP contribution in [0.5, 0.6) is 0 Å². The van der Waals surface area contributed by atoms with Crippen LogP contribution in [0.25, 0.3) is 0 Å². The van der Waals surface area contributed by atoms with Gasteiger partial charge in [0.25, 0.3) is 0 Å². The molecule has 0 unspecified atom stereocenters. The molecule has 0 aliphatic heterocycles. The van der Waals surface area contributed by atoms with E-state index in [2.05, 4.69) is 16.0 Å². The minimum absolute atomic E-state index is 0.0113. The molecule has 16 heteroatoms. The Hall–Kier alpha value is -3.44. The first-order valence-electron chi connectivity index (χ1n) is 19.8. The maximum Gasteiger partial charge on any atom is 0.345 e. The van der Waals surface area contributed by atoms with Crippen LogP contribution in [0.15, 0.2) is 12.1 Å². The molecule has 0 radical (unpaired) electrons. The van der Waals surface area contributed by atoms with Crippen molar-refractivity contribution in [2.75, 3.05) is 65.9 Å². The number of aliphatic carboxylic acids is 1. The Balaban J connectivity index is 1.93. The van der Waals surface area contributed by atoms with Gasteiger partial charge in [0.05, 0.1) is 33.0 Å². The number of carboxylic acids is 2. The van der Waals surface area contributed by atoms with Gasteiger partial charge < -0.3 is 45.1 Å². The highest BCUT2D eigenvalue weighted by Crippen LogP contribution is 2.19. The maximum absolute atomic E-state index is 12.3. The summed E-state index contributed by atoms with van der Waals surface area (Å²) in [4.78, 5) is 72.0. The molecule has 314 valence electrons. The van der Waals surface area contributed by atoms with E-state index in [0.29, 0.717) is 50.6 Å². The Labute approximate surface area is 330 Å². The van der Waals surface area contributed by atoms with E-state index in [-0.39, 0.29) is 82.2 Å². The molecule has 0 aliphatic carbocycles. The molecule has 0 saturated heterocycles. The number of ether oxygens (including phenoxy) is 4. The molecule has 0 fully saturated rings. The molecule has 1 rings (SSSR count). The van der Waals surface area contributed by atoms with Gasteiger partial charge in [-0.25, -0.2) is 9.59 Å². The molecular weight excluding hydrogens is 735 g/mol. The topological polar surface area (TPSA) is 216 Å². The zero-order valence-electron chi connectivity index (χ0n) is 32.7. The van der Waals surface area contributed by atoms with Crippen molar-refractivity contribution in [3.8, 4) is 0 Å². The molecule has 3 amide bonds. The summed E-state index contributed by atoms with van der Waals surface area (Å²) >= 11 is 1.36. The standard InChI is InChI=1S/C39H65N3O12S/c1-2-21-40-36(45)29-54-28-26-52-24-22-41-37(46)30-53-27-25-51-23-13-14-31(43)17-19-33(38(47)48)42-35(44)16-12-10-8-6-4-3-5-7-9-11-15-32-18-20-34(55-32)39(49)50/h18,20,33H,2-17,19,21-30H2,1H3,(H,40,45)(H,41,46)(H,42,44)(H,47,48)(H,49,50)/t33-/m0/s1. The number of carbonyl (C=O) groups is 6. The summed E-state index contributed by atoms with van der Waals surface area (Å²) in [5.74, 6) is -2.88. The minimum Gasteiger partial charge on any atom is -0.480 e. The number of unbranched alkanes of at least 4 members (excludes halogenated alkanes) is 9. The number of hydrogen-bond acceptors (Lipinski definition) is 11. The molecule has 0 bridgehead atoms. The van der Waals surface area contributed by atoms with Crippen molar-refractivity contribution in [2.24, 2.45) is 0 Å². The zero-order valence-corrected chi connectivity index (χ0v) is 33.5. The molecule has 1 aromatic rings. The van der Waals surface area contributed by atoms with E-state index in [1.807, 2.05) is 13.0 Å². The van der Waals surface area contributed by atoms with Crippen molar-refractivity contribution in [3.63, 3.8) is 0 Å². The van der Waals surface area contributed by atoms with Gasteiger partial charge >= 0.3 is 11.9 Å². The number of aryl methyl sites for hydroxylation is 1. The number of thiophene rings is 1. The Morgan fingerprint density at radius 3 is 1.76 bits per heavy atom. The monoisotopic (exact) mass is 799 g/mol. The minimum atomic E-state index is -1.16. The molecule has 0 aliphatic rings. The van der Waals surface area contributed by atoms with Gasteiger partial charge in [-0.15, -0.1) is 11.3 Å². The summed E-state index contributed by atoms with van der Waals surface area (Å²) in [5.41, 5.74) is 0. The summed E-state index contributed by atoms with van der Waals surface area (Å²) < 4.78 is 21.3. The van der Waals surface area contributed by atoms with E-state index in [1.54, 1.807) is 6.07 Å². The van der Waals surface area contributed by atoms with Crippen LogP contribution in [0.2, 0.25) is 0 Å². The highest BCUT2D eigenvalue weighted by Gasteiger charge is 2.20. The van der Waals surface area contributed by atoms with Gasteiger partial charge in [-0.1, -0.05) is 58.3 Å². The molecule has 15 nitrogen and oxygen atoms in total. The second-order valence-corrected chi connectivity index (χ2v) is 14.4. The van der Waals surface area contributed by atoms with E-state index in [4.69, 9.17) is 24.1 Å². The van der Waals surface area contributed by atoms with Crippen molar-refractivity contribution >= 4 is 46.8 Å². The number of aromatic carboxylic acids is 1. The Kier molecular flexibility index (Phi) is 30.5. The lowest BCUT2D eigenvalue weighted by atomic mass is 10.0. The third-order valence-corrected chi connectivity index (χ3v) is 9.52. The van der Waals surface area contributed by atoms with E-state index in [9.17, 15) is 33.9 Å². The second kappa shape index (κ2) is 33.9. The first-order chi connectivity index (χ1) is 26.6. The number of Topliss-reactive ketones (excluding diaryl/α,β-unsaturated/α-hetero) is 1. The lowest BCUT2D eigenvalue weighted by Gasteiger charge is -2.14. The molecule has 0 saturated carbocycles. The Bertz CT molecular complexity index is 1230. The quantitative estimate of drug-likeness (QED) is 0.0577. The Morgan fingerprint density at radius 1 is 0.618 bits per heavy atom. The van der Waals surface area contributed by atoms with Crippen LogP contribution in [-0.4, -0.2) is 118 Å². The first kappa shape index (κ1) is 49.6. The summed E-state index contributed by atoms with van der Waals surface area (Å²) in [5, 5.41) is 26.4. The van der Waals surface area contributed by atoms with Crippen LogP contribution in [0, 0.1) is 0 Å². The number of hydrogen-bond donors (Lipinski definition) is 5. The number of rotatable bonds is 38. The lowest BCUT2D eigenvalue weighted by molar-refractivity contribution is -0.142. The molecular formula is C39H65N3O12S. The van der Waals surface area contributed by atoms with Crippen LogP contribution >= 0.6 is 11.3 Å². The summed E-state index contributed by atoms with van der Waals surface area (Å²) in [7, 11) is 0. The molecule has 55 heavy (non-hydrogen) atoms. The summed E-state index contributed by atoms with van der Waals surface area (Å²) in [6.07, 6.45) is 13.5. The van der Waals surface area contributed by atoms with Gasteiger partial charge in [-0.3, -0.25) is 19.2 Å². The highest BCUT2D eigenvalue weighted by molar-refractivity contribution is 7.13. The lowest BCUT2D eigenvalue weighted by Crippen LogP contribution is -2.41. The van der Waals surface area contributed by atoms with Crippen LogP contribution < -0.4 is 16.0 Å². The molecule has 5 N–H and O–H groups in total. The fourth-order valence-electron chi connectivity index (χ4n) is 5.35. The third-order valence-electron chi connectivity index (χ3n) is 8.39. The van der Waals surface area contributed by atoms with Crippen molar-refractivity contribution in [1.29, 1.82) is 0 Å². The largest absolute Gasteiger partial charge is 0.480 e. The normalized spacial score (nSPS) is 11.6. The molecule has 0 spiro atoms. The fourth-order valence-corrected chi connectivity index (χ4v) is 6.24. The van der Waals surface area contributed by atoms with Gasteiger partial charge in [0.1, 0.15) is 29.9 Å². The number of amides is 3. The van der Waals surface area contributed by atoms with E-state index in [1.165, 1.54) is 30.6 Å². The fraction of sp³-hybridized carbons (Fsp3) is 0.744. The predicted molar refractivity (Wildman–Crippen MR) is 208 cm³/mol. The van der Waals surface area contributed by atoms with E-state index >= 15 is 0 Å². The third kappa shape index (κ3) is 29.5. The second-order valence-electron chi connectivity index (χ2n) is 13.3. The molecule has 0 aromatic carbocycles. The van der Waals surface area contributed by atoms with Gasteiger partial charge in [0.15, 0.2) is 0 Å².